The lowest BCUT2D eigenvalue weighted by Gasteiger charge is -2.30. The number of likely N-dealkylation sites (N-methyl/N-ethyl adjacent to an activating group) is 1. The molecule has 1 fully saturated rings. The van der Waals surface area contributed by atoms with Crippen LogP contribution in [0.1, 0.15) is 12.5 Å². The second-order valence-corrected chi connectivity index (χ2v) is 7.46. The predicted octanol–water partition coefficient (Wildman–Crippen LogP) is 3.85. The Morgan fingerprint density at radius 3 is 2.95 bits per heavy atom. The van der Waals surface area contributed by atoms with Gasteiger partial charge >= 0.3 is 0 Å². The zero-order valence-corrected chi connectivity index (χ0v) is 13.4. The van der Waals surface area contributed by atoms with Gasteiger partial charge in [-0.05, 0) is 25.1 Å². The van der Waals surface area contributed by atoms with Crippen molar-refractivity contribution in [1.82, 2.24) is 5.32 Å². The second kappa shape index (κ2) is 7.77. The first-order valence-corrected chi connectivity index (χ1v) is 9.16. The highest BCUT2D eigenvalue weighted by Crippen LogP contribution is 2.29. The minimum absolute atomic E-state index is 0.191. The third kappa shape index (κ3) is 4.28. The van der Waals surface area contributed by atoms with E-state index in [0.29, 0.717) is 22.3 Å². The fourth-order valence-electron chi connectivity index (χ4n) is 2.28. The van der Waals surface area contributed by atoms with Gasteiger partial charge in [-0.25, -0.2) is 4.39 Å². The lowest BCUT2D eigenvalue weighted by molar-refractivity contribution is 0.507. The number of hydrogen-bond acceptors (Lipinski definition) is 3. The van der Waals surface area contributed by atoms with Gasteiger partial charge in [-0.3, -0.25) is 0 Å². The Morgan fingerprint density at radius 2 is 2.32 bits per heavy atom. The van der Waals surface area contributed by atoms with Crippen LogP contribution in [0.5, 0.6) is 0 Å². The van der Waals surface area contributed by atoms with Crippen molar-refractivity contribution in [2.45, 2.75) is 24.6 Å². The van der Waals surface area contributed by atoms with E-state index in [0.717, 1.165) is 12.3 Å². The fourth-order valence-corrected chi connectivity index (χ4v) is 5.41. The molecule has 0 aliphatic carbocycles. The van der Waals surface area contributed by atoms with Crippen LogP contribution in [0.2, 0.25) is 5.02 Å². The van der Waals surface area contributed by atoms with E-state index in [1.54, 1.807) is 12.1 Å². The maximum atomic E-state index is 13.9. The number of hydrogen-bond donors (Lipinski definition) is 1. The molecule has 1 aliphatic rings. The number of nitrogens with one attached hydrogen (secondary N) is 1. The minimum Gasteiger partial charge on any atom is -0.313 e. The summed E-state index contributed by atoms with van der Waals surface area (Å²) in [7, 11) is 0. The predicted molar refractivity (Wildman–Crippen MR) is 86.1 cm³/mol. The first-order chi connectivity index (χ1) is 9.22. The van der Waals surface area contributed by atoms with E-state index in [9.17, 15) is 4.39 Å². The summed E-state index contributed by atoms with van der Waals surface area (Å²) in [4.78, 5) is 0. The zero-order chi connectivity index (χ0) is 13.7. The Hall–Kier alpha value is 0.1000. The molecule has 0 radical (unpaired) electrons. The molecule has 2 unspecified atom stereocenters. The first kappa shape index (κ1) is 15.5. The topological polar surface area (TPSA) is 12.0 Å². The maximum absolute atomic E-state index is 13.9. The third-order valence-corrected chi connectivity index (χ3v) is 6.52. The number of benzene rings is 1. The van der Waals surface area contributed by atoms with Crippen LogP contribution in [-0.2, 0) is 6.42 Å². The van der Waals surface area contributed by atoms with E-state index < -0.39 is 0 Å². The van der Waals surface area contributed by atoms with Crippen LogP contribution in [0, 0.1) is 5.82 Å². The van der Waals surface area contributed by atoms with Crippen molar-refractivity contribution in [3.8, 4) is 0 Å². The summed E-state index contributed by atoms with van der Waals surface area (Å²) in [6.45, 7) is 3.00. The molecule has 19 heavy (non-hydrogen) atoms. The molecule has 0 saturated carbocycles. The summed E-state index contributed by atoms with van der Waals surface area (Å²) in [5.74, 6) is 3.35. The van der Waals surface area contributed by atoms with Gasteiger partial charge in [-0.1, -0.05) is 24.6 Å². The first-order valence-electron chi connectivity index (χ1n) is 6.58. The fraction of sp³-hybridized carbons (Fsp3) is 0.571. The molecular weight excluding hydrogens is 301 g/mol. The molecule has 1 heterocycles. The van der Waals surface area contributed by atoms with Crippen molar-refractivity contribution in [2.75, 3.05) is 23.8 Å². The van der Waals surface area contributed by atoms with Crippen molar-refractivity contribution in [3.63, 3.8) is 0 Å². The average Bonchev–Trinajstić information content (AvgIpc) is 2.43. The van der Waals surface area contributed by atoms with Gasteiger partial charge in [0.15, 0.2) is 0 Å². The van der Waals surface area contributed by atoms with Crippen LogP contribution in [0.4, 0.5) is 4.39 Å². The molecule has 0 bridgehead atoms. The van der Waals surface area contributed by atoms with Gasteiger partial charge < -0.3 is 5.32 Å². The van der Waals surface area contributed by atoms with Gasteiger partial charge in [0.1, 0.15) is 5.82 Å². The summed E-state index contributed by atoms with van der Waals surface area (Å²) in [5, 5.41) is 4.57. The molecule has 1 aromatic carbocycles. The minimum atomic E-state index is -0.191. The summed E-state index contributed by atoms with van der Waals surface area (Å²) in [6, 6.07) is 5.21. The molecule has 1 saturated heterocycles. The SMILES string of the molecule is CCNC(Cc1c(F)cccc1Cl)C1CSCCS1. The van der Waals surface area contributed by atoms with Gasteiger partial charge in [0.05, 0.1) is 0 Å². The highest BCUT2D eigenvalue weighted by molar-refractivity contribution is 8.06. The molecule has 0 amide bonds. The smallest absolute Gasteiger partial charge is 0.127 e. The second-order valence-electron chi connectivity index (χ2n) is 4.55. The Bertz CT molecular complexity index is 390. The van der Waals surface area contributed by atoms with Crippen LogP contribution in [0.25, 0.3) is 0 Å². The quantitative estimate of drug-likeness (QED) is 0.885. The van der Waals surface area contributed by atoms with Crippen LogP contribution >= 0.6 is 35.1 Å². The maximum Gasteiger partial charge on any atom is 0.127 e. The van der Waals surface area contributed by atoms with E-state index in [1.807, 2.05) is 23.5 Å². The summed E-state index contributed by atoms with van der Waals surface area (Å²) >= 11 is 10.1. The number of halogens is 2. The average molecular weight is 320 g/mol. The Balaban J connectivity index is 2.11. The van der Waals surface area contributed by atoms with Gasteiger partial charge in [0.25, 0.3) is 0 Å². The van der Waals surface area contributed by atoms with E-state index in [-0.39, 0.29) is 11.9 Å². The summed E-state index contributed by atoms with van der Waals surface area (Å²) < 4.78 is 13.9. The van der Waals surface area contributed by atoms with Crippen molar-refractivity contribution < 1.29 is 4.39 Å². The molecule has 2 atom stereocenters. The molecule has 1 N–H and O–H groups in total. The molecule has 1 aliphatic heterocycles. The van der Waals surface area contributed by atoms with E-state index >= 15 is 0 Å². The third-order valence-electron chi connectivity index (χ3n) is 3.24. The van der Waals surface area contributed by atoms with Crippen molar-refractivity contribution in [3.05, 3.63) is 34.6 Å². The molecule has 0 spiro atoms. The Kier molecular flexibility index (Phi) is 6.33. The highest BCUT2D eigenvalue weighted by Gasteiger charge is 2.25. The van der Waals surface area contributed by atoms with Crippen molar-refractivity contribution >= 4 is 35.1 Å². The lowest BCUT2D eigenvalue weighted by Crippen LogP contribution is -2.42. The highest BCUT2D eigenvalue weighted by atomic mass is 35.5. The summed E-state index contributed by atoms with van der Waals surface area (Å²) in [5.41, 5.74) is 0.645. The lowest BCUT2D eigenvalue weighted by atomic mass is 10.0. The summed E-state index contributed by atoms with van der Waals surface area (Å²) in [6.07, 6.45) is 0.664. The van der Waals surface area contributed by atoms with Gasteiger partial charge in [0, 0.05) is 39.1 Å². The molecule has 106 valence electrons. The number of thioether (sulfide) groups is 2. The Labute approximate surface area is 128 Å². The zero-order valence-electron chi connectivity index (χ0n) is 11.0. The van der Waals surface area contributed by atoms with Crippen LogP contribution in [0.3, 0.4) is 0 Å². The van der Waals surface area contributed by atoms with Crippen LogP contribution < -0.4 is 5.32 Å². The van der Waals surface area contributed by atoms with Gasteiger partial charge in [0.2, 0.25) is 0 Å². The standard InChI is InChI=1S/C14H19ClFNS2/c1-2-17-13(14-9-18-6-7-19-14)8-10-11(15)4-3-5-12(10)16/h3-5,13-14,17H,2,6-9H2,1H3. The molecular formula is C14H19ClFNS2. The molecule has 0 aromatic heterocycles. The molecule has 2 rings (SSSR count). The molecule has 5 heteroatoms. The van der Waals surface area contributed by atoms with E-state index in [4.69, 9.17) is 11.6 Å². The van der Waals surface area contributed by atoms with Crippen molar-refractivity contribution in [2.24, 2.45) is 0 Å². The molecule has 1 nitrogen and oxygen atoms in total. The van der Waals surface area contributed by atoms with E-state index in [1.165, 1.54) is 17.6 Å². The van der Waals surface area contributed by atoms with E-state index in [2.05, 4.69) is 12.2 Å². The number of rotatable bonds is 5. The largest absolute Gasteiger partial charge is 0.313 e. The molecule has 1 aromatic rings. The van der Waals surface area contributed by atoms with Crippen LogP contribution in [0.15, 0.2) is 18.2 Å². The normalized spacial score (nSPS) is 21.3. The Morgan fingerprint density at radius 1 is 1.47 bits per heavy atom. The van der Waals surface area contributed by atoms with Crippen molar-refractivity contribution in [1.29, 1.82) is 0 Å². The van der Waals surface area contributed by atoms with Gasteiger partial charge in [-0.15, -0.1) is 0 Å². The van der Waals surface area contributed by atoms with Crippen LogP contribution in [-0.4, -0.2) is 35.1 Å². The monoisotopic (exact) mass is 319 g/mol. The van der Waals surface area contributed by atoms with Gasteiger partial charge in [-0.2, -0.15) is 23.5 Å².